The van der Waals surface area contributed by atoms with Gasteiger partial charge in [0.05, 0.1) is 15.5 Å². The summed E-state index contributed by atoms with van der Waals surface area (Å²) >= 11 is 0. The fourth-order valence-electron chi connectivity index (χ4n) is 2.31. The molecule has 0 radical (unpaired) electrons. The van der Waals surface area contributed by atoms with Gasteiger partial charge in [-0.25, -0.2) is 23.1 Å². The molecule has 0 fully saturated rings. The average molecular weight is 424 g/mol. The predicted octanol–water partition coefficient (Wildman–Crippen LogP) is 1.23. The number of nitro benzene ring substituents is 1. The number of aryl methyl sites for hydroxylation is 2. The Hall–Kier alpha value is -2.99. The van der Waals surface area contributed by atoms with Crippen molar-refractivity contribution in [2.45, 2.75) is 32.2 Å². The van der Waals surface area contributed by atoms with Crippen LogP contribution < -0.4 is 15.4 Å². The molecule has 158 valence electrons. The summed E-state index contributed by atoms with van der Waals surface area (Å²) in [5, 5.41) is 16.9. The highest BCUT2D eigenvalue weighted by Gasteiger charge is 2.17. The first kappa shape index (κ1) is 22.3. The van der Waals surface area contributed by atoms with Crippen molar-refractivity contribution in [1.29, 1.82) is 0 Å². The van der Waals surface area contributed by atoms with E-state index in [1.807, 2.05) is 20.8 Å². The van der Waals surface area contributed by atoms with Crippen LogP contribution in [-0.4, -0.2) is 43.9 Å². The Morgan fingerprint density at radius 1 is 1.28 bits per heavy atom. The molecule has 0 unspecified atom stereocenters. The number of oxazole rings is 1. The predicted molar refractivity (Wildman–Crippen MR) is 107 cm³/mol. The molecular formula is C17H24N6O5S. The fraction of sp³-hybridized carbons (Fsp3) is 0.412. The molecule has 1 aromatic carbocycles. The molecule has 1 heterocycles. The van der Waals surface area contributed by atoms with Crippen molar-refractivity contribution in [2.75, 3.05) is 19.6 Å². The molecule has 12 heteroatoms. The second kappa shape index (κ2) is 9.98. The number of nitrogens with one attached hydrogen (secondary N) is 3. The molecule has 0 saturated heterocycles. The third-order valence-corrected chi connectivity index (χ3v) is 5.30. The van der Waals surface area contributed by atoms with E-state index in [9.17, 15) is 18.5 Å². The van der Waals surface area contributed by atoms with Crippen molar-refractivity contribution in [3.05, 3.63) is 51.7 Å². The number of sulfonamides is 1. The molecule has 0 aliphatic carbocycles. The van der Waals surface area contributed by atoms with Gasteiger partial charge in [0, 0.05) is 31.8 Å². The van der Waals surface area contributed by atoms with E-state index in [0.717, 1.165) is 17.5 Å². The van der Waals surface area contributed by atoms with Crippen molar-refractivity contribution in [3.8, 4) is 0 Å². The van der Waals surface area contributed by atoms with E-state index < -0.39 is 14.9 Å². The molecule has 0 atom stereocenters. The van der Waals surface area contributed by atoms with Gasteiger partial charge in [0.25, 0.3) is 5.69 Å². The fourth-order valence-corrected chi connectivity index (χ4v) is 3.38. The zero-order valence-electron chi connectivity index (χ0n) is 16.4. The number of nitro groups is 1. The van der Waals surface area contributed by atoms with E-state index in [1.54, 1.807) is 0 Å². The van der Waals surface area contributed by atoms with Crippen LogP contribution in [0.3, 0.4) is 0 Å². The Labute approximate surface area is 168 Å². The average Bonchev–Trinajstić information content (AvgIpc) is 3.00. The first-order valence-corrected chi connectivity index (χ1v) is 10.4. The van der Waals surface area contributed by atoms with Crippen molar-refractivity contribution >= 4 is 21.7 Å². The molecule has 29 heavy (non-hydrogen) atoms. The summed E-state index contributed by atoms with van der Waals surface area (Å²) in [6.07, 6.45) is 0. The van der Waals surface area contributed by atoms with Gasteiger partial charge in [-0.15, -0.1) is 0 Å². The number of guanidine groups is 1. The first-order chi connectivity index (χ1) is 13.7. The number of hydrogen-bond donors (Lipinski definition) is 3. The topological polar surface area (TPSA) is 152 Å². The van der Waals surface area contributed by atoms with Gasteiger partial charge in [-0.1, -0.05) is 6.07 Å². The highest BCUT2D eigenvalue weighted by Crippen LogP contribution is 2.16. The van der Waals surface area contributed by atoms with Crippen LogP contribution in [0.4, 0.5) is 5.69 Å². The first-order valence-electron chi connectivity index (χ1n) is 8.92. The van der Waals surface area contributed by atoms with Crippen LogP contribution in [0.1, 0.15) is 24.3 Å². The van der Waals surface area contributed by atoms with Crippen LogP contribution in [0.2, 0.25) is 0 Å². The van der Waals surface area contributed by atoms with Crippen molar-refractivity contribution in [1.82, 2.24) is 20.3 Å². The summed E-state index contributed by atoms with van der Waals surface area (Å²) in [7, 11) is -3.86. The Morgan fingerprint density at radius 3 is 2.66 bits per heavy atom. The number of nitrogens with zero attached hydrogens (tertiary/aromatic N) is 3. The second-order valence-corrected chi connectivity index (χ2v) is 7.79. The monoisotopic (exact) mass is 424 g/mol. The zero-order valence-corrected chi connectivity index (χ0v) is 17.2. The van der Waals surface area contributed by atoms with E-state index in [4.69, 9.17) is 4.42 Å². The van der Waals surface area contributed by atoms with Crippen LogP contribution in [0.5, 0.6) is 0 Å². The molecule has 0 saturated carbocycles. The minimum atomic E-state index is -3.86. The molecule has 0 aliphatic heterocycles. The number of aliphatic imine (C=N–C) groups is 1. The van der Waals surface area contributed by atoms with E-state index in [1.165, 1.54) is 18.2 Å². The van der Waals surface area contributed by atoms with E-state index in [-0.39, 0.29) is 30.2 Å². The van der Waals surface area contributed by atoms with Gasteiger partial charge in [0.1, 0.15) is 12.3 Å². The lowest BCUT2D eigenvalue weighted by Crippen LogP contribution is -2.41. The number of rotatable bonds is 9. The summed E-state index contributed by atoms with van der Waals surface area (Å²) in [6, 6.07) is 4.87. The minimum Gasteiger partial charge on any atom is -0.444 e. The normalized spacial score (nSPS) is 12.0. The maximum atomic E-state index is 12.3. The van der Waals surface area contributed by atoms with Crippen molar-refractivity contribution in [3.63, 3.8) is 0 Å². The highest BCUT2D eigenvalue weighted by molar-refractivity contribution is 7.89. The van der Waals surface area contributed by atoms with Gasteiger partial charge < -0.3 is 15.1 Å². The summed E-state index contributed by atoms with van der Waals surface area (Å²) in [4.78, 5) is 18.6. The molecule has 0 bridgehead atoms. The molecule has 0 aliphatic rings. The number of hydrogen-bond acceptors (Lipinski definition) is 7. The van der Waals surface area contributed by atoms with Gasteiger partial charge >= 0.3 is 0 Å². The molecule has 1 aromatic heterocycles. The van der Waals surface area contributed by atoms with Crippen molar-refractivity contribution in [2.24, 2.45) is 4.99 Å². The van der Waals surface area contributed by atoms with E-state index >= 15 is 0 Å². The van der Waals surface area contributed by atoms with Crippen LogP contribution in [0, 0.1) is 24.0 Å². The zero-order chi connectivity index (χ0) is 21.4. The van der Waals surface area contributed by atoms with Gasteiger partial charge in [-0.05, 0) is 26.8 Å². The number of aromatic nitrogens is 1. The molecule has 0 amide bonds. The second-order valence-electron chi connectivity index (χ2n) is 6.02. The van der Waals surface area contributed by atoms with Gasteiger partial charge in [-0.2, -0.15) is 0 Å². The Bertz CT molecular complexity index is 966. The standard InChI is InChI=1S/C17H24N6O5S/c1-4-18-17(20-11-16-22-12(2)13(3)28-16)19-8-9-21-29(26,27)15-7-5-6-14(10-15)23(24)25/h5-7,10,21H,4,8-9,11H2,1-3H3,(H2,18,19,20). The summed E-state index contributed by atoms with van der Waals surface area (Å²) in [5.41, 5.74) is 0.522. The van der Waals surface area contributed by atoms with Gasteiger partial charge in [0.2, 0.25) is 15.9 Å². The SMILES string of the molecule is CCNC(=NCc1nc(C)c(C)o1)NCCNS(=O)(=O)c1cccc([N+](=O)[O-])c1. The largest absolute Gasteiger partial charge is 0.444 e. The van der Waals surface area contributed by atoms with Crippen LogP contribution >= 0.6 is 0 Å². The van der Waals surface area contributed by atoms with Gasteiger partial charge in [-0.3, -0.25) is 10.1 Å². The van der Waals surface area contributed by atoms with E-state index in [0.29, 0.717) is 18.4 Å². The lowest BCUT2D eigenvalue weighted by molar-refractivity contribution is -0.385. The Balaban J connectivity index is 1.91. The third-order valence-electron chi connectivity index (χ3n) is 3.84. The highest BCUT2D eigenvalue weighted by atomic mass is 32.2. The summed E-state index contributed by atoms with van der Waals surface area (Å²) in [6.45, 7) is 6.76. The van der Waals surface area contributed by atoms with Crippen LogP contribution in [0.25, 0.3) is 0 Å². The number of benzene rings is 1. The quantitative estimate of drug-likeness (QED) is 0.179. The Morgan fingerprint density at radius 2 is 2.03 bits per heavy atom. The molecule has 0 spiro atoms. The van der Waals surface area contributed by atoms with Gasteiger partial charge in [0.15, 0.2) is 5.96 Å². The lowest BCUT2D eigenvalue weighted by atomic mass is 10.3. The molecule has 11 nitrogen and oxygen atoms in total. The molecule has 2 aromatic rings. The maximum absolute atomic E-state index is 12.3. The summed E-state index contributed by atoms with van der Waals surface area (Å²) in [5.74, 6) is 1.71. The lowest BCUT2D eigenvalue weighted by Gasteiger charge is -2.11. The van der Waals surface area contributed by atoms with Crippen molar-refractivity contribution < 1.29 is 17.8 Å². The minimum absolute atomic E-state index is 0.0622. The smallest absolute Gasteiger partial charge is 0.270 e. The number of non-ortho nitro benzene ring substituents is 1. The van der Waals surface area contributed by atoms with E-state index in [2.05, 4.69) is 25.3 Å². The van der Waals surface area contributed by atoms with Crippen LogP contribution in [0.15, 0.2) is 38.6 Å². The molecule has 3 N–H and O–H groups in total. The summed E-state index contributed by atoms with van der Waals surface area (Å²) < 4.78 is 32.5. The Kier molecular flexibility index (Phi) is 7.67. The third kappa shape index (κ3) is 6.54. The molecule has 2 rings (SSSR count). The maximum Gasteiger partial charge on any atom is 0.270 e. The molecular weight excluding hydrogens is 400 g/mol. The van der Waals surface area contributed by atoms with Crippen LogP contribution in [-0.2, 0) is 16.6 Å².